The average Bonchev–Trinajstić information content (AvgIpc) is 3.11. The molecule has 2 aromatic rings. The third kappa shape index (κ3) is 4.71. The third-order valence-corrected chi connectivity index (χ3v) is 5.03. The fraction of sp³-hybridized carbons (Fsp3) is 0.435. The summed E-state index contributed by atoms with van der Waals surface area (Å²) in [6.07, 6.45) is 0.185. The molecular formula is C23H28FNO3. The molecule has 1 N–H and O–H groups in total. The summed E-state index contributed by atoms with van der Waals surface area (Å²) in [5.74, 6) is -0.786. The van der Waals surface area contributed by atoms with Crippen LogP contribution >= 0.6 is 0 Å². The number of benzene rings is 2. The Hall–Kier alpha value is -2.40. The third-order valence-electron chi connectivity index (χ3n) is 5.03. The Morgan fingerprint density at radius 1 is 1.14 bits per heavy atom. The second-order valence-corrected chi connectivity index (χ2v) is 8.32. The Morgan fingerprint density at radius 3 is 2.46 bits per heavy atom. The fourth-order valence-electron chi connectivity index (χ4n) is 3.86. The van der Waals surface area contributed by atoms with Gasteiger partial charge >= 0.3 is 6.09 Å². The molecule has 0 radical (unpaired) electrons. The van der Waals surface area contributed by atoms with Gasteiger partial charge in [0, 0.05) is 12.5 Å². The van der Waals surface area contributed by atoms with Gasteiger partial charge in [-0.25, -0.2) is 9.18 Å². The molecule has 28 heavy (non-hydrogen) atoms. The standard InChI is InChI=1S/C23H28FNO3/c1-23(2,3)28-22(27)25-14-8-13-19(25)21(26)20(16-9-5-4-6-10-16)17-11-7-12-18(24)15-17/h4-7,9-12,15,19-21,26H,8,13-14H2,1-3H3/t19?,20-,21+/m0/s1. The van der Waals surface area contributed by atoms with Gasteiger partial charge in [0.2, 0.25) is 0 Å². The van der Waals surface area contributed by atoms with E-state index in [1.54, 1.807) is 11.0 Å². The molecule has 0 aliphatic carbocycles. The number of rotatable bonds is 4. The first-order chi connectivity index (χ1) is 13.3. The van der Waals surface area contributed by atoms with E-state index in [9.17, 15) is 14.3 Å². The van der Waals surface area contributed by atoms with Gasteiger partial charge in [-0.15, -0.1) is 0 Å². The number of ether oxygens (including phenoxy) is 1. The molecule has 150 valence electrons. The molecule has 1 saturated heterocycles. The Labute approximate surface area is 165 Å². The lowest BCUT2D eigenvalue weighted by Gasteiger charge is -2.35. The predicted octanol–water partition coefficient (Wildman–Crippen LogP) is 4.72. The summed E-state index contributed by atoms with van der Waals surface area (Å²) in [6, 6.07) is 15.5. The van der Waals surface area contributed by atoms with E-state index < -0.39 is 23.7 Å². The van der Waals surface area contributed by atoms with Gasteiger partial charge in [-0.05, 0) is 56.9 Å². The number of hydrogen-bond donors (Lipinski definition) is 1. The predicted molar refractivity (Wildman–Crippen MR) is 107 cm³/mol. The van der Waals surface area contributed by atoms with Gasteiger partial charge in [0.05, 0.1) is 12.1 Å². The van der Waals surface area contributed by atoms with Crippen LogP contribution in [0.4, 0.5) is 9.18 Å². The van der Waals surface area contributed by atoms with Gasteiger partial charge in [0.15, 0.2) is 0 Å². The van der Waals surface area contributed by atoms with E-state index in [4.69, 9.17) is 4.74 Å². The van der Waals surface area contributed by atoms with Gasteiger partial charge < -0.3 is 14.7 Å². The lowest BCUT2D eigenvalue weighted by Crippen LogP contribution is -2.47. The largest absolute Gasteiger partial charge is 0.444 e. The van der Waals surface area contributed by atoms with Crippen LogP contribution in [-0.4, -0.2) is 40.4 Å². The molecule has 0 saturated carbocycles. The van der Waals surface area contributed by atoms with Crippen molar-refractivity contribution in [2.45, 2.75) is 57.3 Å². The highest BCUT2D eigenvalue weighted by atomic mass is 19.1. The molecule has 0 aromatic heterocycles. The van der Waals surface area contributed by atoms with Gasteiger partial charge in [-0.1, -0.05) is 42.5 Å². The quantitative estimate of drug-likeness (QED) is 0.829. The summed E-state index contributed by atoms with van der Waals surface area (Å²) in [5.41, 5.74) is 0.975. The zero-order chi connectivity index (χ0) is 20.3. The van der Waals surface area contributed by atoms with Crippen LogP contribution in [0.1, 0.15) is 50.7 Å². The van der Waals surface area contributed by atoms with Gasteiger partial charge in [0.25, 0.3) is 0 Å². The van der Waals surface area contributed by atoms with Crippen molar-refractivity contribution in [2.24, 2.45) is 0 Å². The number of hydrogen-bond acceptors (Lipinski definition) is 3. The maximum absolute atomic E-state index is 13.9. The number of aliphatic hydroxyl groups excluding tert-OH is 1. The number of aliphatic hydroxyl groups is 1. The lowest BCUT2D eigenvalue weighted by atomic mass is 9.83. The number of nitrogens with zero attached hydrogens (tertiary/aromatic N) is 1. The summed E-state index contributed by atoms with van der Waals surface area (Å²) >= 11 is 0. The average molecular weight is 385 g/mol. The summed E-state index contributed by atoms with van der Waals surface area (Å²) in [6.45, 7) is 6.02. The number of likely N-dealkylation sites (tertiary alicyclic amines) is 1. The second-order valence-electron chi connectivity index (χ2n) is 8.32. The van der Waals surface area contributed by atoms with Crippen molar-refractivity contribution >= 4 is 6.09 Å². The lowest BCUT2D eigenvalue weighted by molar-refractivity contribution is 0.00254. The zero-order valence-corrected chi connectivity index (χ0v) is 16.6. The summed E-state index contributed by atoms with van der Waals surface area (Å²) in [7, 11) is 0. The van der Waals surface area contributed by atoms with Crippen LogP contribution in [0.5, 0.6) is 0 Å². The number of amides is 1. The van der Waals surface area contributed by atoms with Crippen molar-refractivity contribution < 1.29 is 19.0 Å². The Kier molecular flexibility index (Phi) is 6.04. The van der Waals surface area contributed by atoms with Gasteiger partial charge in [0.1, 0.15) is 11.4 Å². The molecule has 5 heteroatoms. The van der Waals surface area contributed by atoms with Crippen LogP contribution in [0.3, 0.4) is 0 Å². The highest BCUT2D eigenvalue weighted by Gasteiger charge is 2.40. The van der Waals surface area contributed by atoms with Crippen LogP contribution in [0.25, 0.3) is 0 Å². The molecule has 1 amide bonds. The number of carbonyl (C=O) groups is 1. The van der Waals surface area contributed by atoms with Crippen molar-refractivity contribution in [3.63, 3.8) is 0 Å². The normalized spacial score (nSPS) is 19.3. The highest BCUT2D eigenvalue weighted by molar-refractivity contribution is 5.69. The first-order valence-corrected chi connectivity index (χ1v) is 9.74. The molecule has 1 aliphatic heterocycles. The van der Waals surface area contributed by atoms with E-state index in [2.05, 4.69) is 0 Å². The molecule has 0 bridgehead atoms. The zero-order valence-electron chi connectivity index (χ0n) is 16.6. The minimum atomic E-state index is -0.876. The molecule has 1 aliphatic rings. The van der Waals surface area contributed by atoms with Crippen LogP contribution < -0.4 is 0 Å². The van der Waals surface area contributed by atoms with E-state index in [0.29, 0.717) is 18.5 Å². The fourth-order valence-corrected chi connectivity index (χ4v) is 3.86. The van der Waals surface area contributed by atoms with Crippen LogP contribution in [0.15, 0.2) is 54.6 Å². The number of carbonyl (C=O) groups excluding carboxylic acids is 1. The minimum Gasteiger partial charge on any atom is -0.444 e. The molecular weight excluding hydrogens is 357 g/mol. The SMILES string of the molecule is CC(C)(C)OC(=O)N1CCCC1[C@@H](O)[C@@H](c1ccccc1)c1cccc(F)c1. The van der Waals surface area contributed by atoms with Gasteiger partial charge in [-0.3, -0.25) is 0 Å². The van der Waals surface area contributed by atoms with E-state index in [-0.39, 0.29) is 11.9 Å². The van der Waals surface area contributed by atoms with E-state index >= 15 is 0 Å². The van der Waals surface area contributed by atoms with Crippen LogP contribution in [0, 0.1) is 5.82 Å². The van der Waals surface area contributed by atoms with E-state index in [1.165, 1.54) is 12.1 Å². The van der Waals surface area contributed by atoms with Crippen molar-refractivity contribution in [2.75, 3.05) is 6.54 Å². The van der Waals surface area contributed by atoms with Gasteiger partial charge in [-0.2, -0.15) is 0 Å². The Bertz CT molecular complexity index is 803. The molecule has 1 fully saturated rings. The summed E-state index contributed by atoms with van der Waals surface area (Å²) < 4.78 is 19.4. The molecule has 1 unspecified atom stereocenters. The van der Waals surface area contributed by atoms with Crippen molar-refractivity contribution in [1.82, 2.24) is 4.90 Å². The van der Waals surface area contributed by atoms with Crippen LogP contribution in [0.2, 0.25) is 0 Å². The molecule has 0 spiro atoms. The monoisotopic (exact) mass is 385 g/mol. The summed E-state index contributed by atoms with van der Waals surface area (Å²) in [4.78, 5) is 14.3. The van der Waals surface area contributed by atoms with Crippen molar-refractivity contribution in [3.8, 4) is 0 Å². The smallest absolute Gasteiger partial charge is 0.410 e. The maximum atomic E-state index is 13.9. The molecule has 2 aromatic carbocycles. The van der Waals surface area contributed by atoms with Crippen LogP contribution in [-0.2, 0) is 4.74 Å². The molecule has 3 rings (SSSR count). The molecule has 1 heterocycles. The molecule has 3 atom stereocenters. The first-order valence-electron chi connectivity index (χ1n) is 9.74. The summed E-state index contributed by atoms with van der Waals surface area (Å²) in [5, 5.41) is 11.4. The topological polar surface area (TPSA) is 49.8 Å². The maximum Gasteiger partial charge on any atom is 0.410 e. The second kappa shape index (κ2) is 8.31. The Balaban J connectivity index is 1.92. The number of halogens is 1. The molecule has 4 nitrogen and oxygen atoms in total. The van der Waals surface area contributed by atoms with E-state index in [1.807, 2.05) is 57.2 Å². The van der Waals surface area contributed by atoms with Crippen molar-refractivity contribution in [1.29, 1.82) is 0 Å². The minimum absolute atomic E-state index is 0.346. The Morgan fingerprint density at radius 2 is 1.82 bits per heavy atom. The van der Waals surface area contributed by atoms with Crippen molar-refractivity contribution in [3.05, 3.63) is 71.5 Å². The first kappa shape index (κ1) is 20.3. The highest BCUT2D eigenvalue weighted by Crippen LogP contribution is 2.35. The van der Waals surface area contributed by atoms with E-state index in [0.717, 1.165) is 12.0 Å².